The number of aryl methyl sites for hydroxylation is 1. The third-order valence-corrected chi connectivity index (χ3v) is 6.00. The smallest absolute Gasteiger partial charge is 0.0760 e. The Labute approximate surface area is 149 Å². The van der Waals surface area contributed by atoms with Crippen molar-refractivity contribution in [2.75, 3.05) is 0 Å². The van der Waals surface area contributed by atoms with Crippen molar-refractivity contribution in [1.29, 1.82) is 0 Å². The summed E-state index contributed by atoms with van der Waals surface area (Å²) in [4.78, 5) is 0. The summed E-state index contributed by atoms with van der Waals surface area (Å²) in [6.07, 6.45) is 5.49. The maximum atomic E-state index is 10.8. The Balaban J connectivity index is 1.74. The Morgan fingerprint density at radius 3 is 2.52 bits per heavy atom. The topological polar surface area (TPSA) is 51.2 Å². The molecule has 2 aromatic carbocycles. The first-order chi connectivity index (χ1) is 12.2. The van der Waals surface area contributed by atoms with Crippen LogP contribution in [-0.2, 0) is 6.54 Å². The van der Waals surface area contributed by atoms with Crippen molar-refractivity contribution in [3.8, 4) is 0 Å². The van der Waals surface area contributed by atoms with Crippen molar-refractivity contribution in [1.82, 2.24) is 4.57 Å². The highest BCUT2D eigenvalue weighted by Crippen LogP contribution is 2.34. The normalized spacial score (nSPS) is 18.7. The summed E-state index contributed by atoms with van der Waals surface area (Å²) in [7, 11) is 0. The number of hydrogen-bond acceptors (Lipinski definition) is 2. The number of aromatic nitrogens is 1. The van der Waals surface area contributed by atoms with Crippen LogP contribution in [0.1, 0.15) is 50.6 Å². The molecule has 0 saturated heterocycles. The number of fused-ring (bicyclic) bond motifs is 3. The first-order valence-corrected chi connectivity index (χ1v) is 9.65. The molecule has 0 amide bonds. The molecule has 0 unspecified atom stereocenters. The van der Waals surface area contributed by atoms with Crippen LogP contribution in [0.3, 0.4) is 0 Å². The van der Waals surface area contributed by atoms with Gasteiger partial charge in [0, 0.05) is 28.4 Å². The Hall–Kier alpha value is -1.84. The lowest BCUT2D eigenvalue weighted by molar-refractivity contribution is 0.0618. The van der Waals surface area contributed by atoms with Gasteiger partial charge in [-0.15, -0.1) is 0 Å². The van der Waals surface area contributed by atoms with Crippen molar-refractivity contribution < 1.29 is 5.11 Å². The molecule has 3 nitrogen and oxygen atoms in total. The van der Waals surface area contributed by atoms with E-state index in [1.54, 1.807) is 0 Å². The number of hydrogen-bond donors (Lipinski definition) is 2. The van der Waals surface area contributed by atoms with Crippen LogP contribution < -0.4 is 5.73 Å². The van der Waals surface area contributed by atoms with Crippen LogP contribution in [0.15, 0.2) is 42.5 Å². The average molecular weight is 336 g/mol. The van der Waals surface area contributed by atoms with Gasteiger partial charge in [0.1, 0.15) is 0 Å². The molecular weight excluding hydrogens is 308 g/mol. The summed E-state index contributed by atoms with van der Waals surface area (Å²) >= 11 is 0. The van der Waals surface area contributed by atoms with Crippen molar-refractivity contribution in [3.05, 3.63) is 48.0 Å². The minimum Gasteiger partial charge on any atom is -0.391 e. The molecule has 1 aromatic heterocycles. The third kappa shape index (κ3) is 2.86. The first kappa shape index (κ1) is 16.6. The molecule has 4 rings (SSSR count). The summed E-state index contributed by atoms with van der Waals surface area (Å²) in [5.41, 5.74) is 10.0. The van der Waals surface area contributed by atoms with Crippen LogP contribution in [0.25, 0.3) is 21.8 Å². The van der Waals surface area contributed by atoms with Crippen LogP contribution in [-0.4, -0.2) is 15.8 Å². The lowest BCUT2D eigenvalue weighted by Crippen LogP contribution is -2.34. The first-order valence-electron chi connectivity index (χ1n) is 9.65. The molecule has 0 aliphatic heterocycles. The zero-order chi connectivity index (χ0) is 17.4. The van der Waals surface area contributed by atoms with Gasteiger partial charge in [-0.05, 0) is 49.4 Å². The molecule has 1 fully saturated rings. The van der Waals surface area contributed by atoms with Gasteiger partial charge in [0.2, 0.25) is 0 Å². The summed E-state index contributed by atoms with van der Waals surface area (Å²) < 4.78 is 2.34. The van der Waals surface area contributed by atoms with Gasteiger partial charge in [0.25, 0.3) is 0 Å². The number of para-hydroxylation sites is 1. The van der Waals surface area contributed by atoms with Crippen molar-refractivity contribution in [2.24, 2.45) is 11.7 Å². The van der Waals surface area contributed by atoms with Crippen LogP contribution in [0.4, 0.5) is 0 Å². The van der Waals surface area contributed by atoms with Crippen LogP contribution >= 0.6 is 0 Å². The van der Waals surface area contributed by atoms with E-state index in [0.29, 0.717) is 5.92 Å². The van der Waals surface area contributed by atoms with E-state index in [-0.39, 0.29) is 6.04 Å². The van der Waals surface area contributed by atoms with Gasteiger partial charge < -0.3 is 15.4 Å². The highest BCUT2D eigenvalue weighted by Gasteiger charge is 2.28. The second kappa shape index (κ2) is 6.81. The SMILES string of the molecule is CCn1c2ccccc2c2cc([C@H](N)[C@H](O)C3CCCCC3)ccc21. The summed E-state index contributed by atoms with van der Waals surface area (Å²) in [6, 6.07) is 14.7. The van der Waals surface area contributed by atoms with Crippen LogP contribution in [0.5, 0.6) is 0 Å². The van der Waals surface area contributed by atoms with E-state index in [0.717, 1.165) is 24.9 Å². The minimum atomic E-state index is -0.447. The second-order valence-corrected chi connectivity index (χ2v) is 7.45. The Bertz CT molecular complexity index is 876. The van der Waals surface area contributed by atoms with Gasteiger partial charge in [-0.2, -0.15) is 0 Å². The highest BCUT2D eigenvalue weighted by molar-refractivity contribution is 6.08. The number of nitrogens with two attached hydrogens (primary N) is 1. The Morgan fingerprint density at radius 2 is 1.76 bits per heavy atom. The van der Waals surface area contributed by atoms with E-state index in [1.807, 2.05) is 0 Å². The molecule has 132 valence electrons. The average Bonchev–Trinajstić information content (AvgIpc) is 3.00. The van der Waals surface area contributed by atoms with Gasteiger partial charge in [-0.1, -0.05) is 43.5 Å². The highest BCUT2D eigenvalue weighted by atomic mass is 16.3. The van der Waals surface area contributed by atoms with Gasteiger partial charge in [0.05, 0.1) is 12.1 Å². The fraction of sp³-hybridized carbons (Fsp3) is 0.455. The minimum absolute atomic E-state index is 0.309. The predicted octanol–water partition coefficient (Wildman–Crippen LogP) is 4.76. The van der Waals surface area contributed by atoms with Crippen molar-refractivity contribution >= 4 is 21.8 Å². The molecule has 1 heterocycles. The van der Waals surface area contributed by atoms with Gasteiger partial charge in [0.15, 0.2) is 0 Å². The van der Waals surface area contributed by atoms with Crippen molar-refractivity contribution in [3.63, 3.8) is 0 Å². The molecule has 1 saturated carbocycles. The number of aliphatic hydroxyl groups excluding tert-OH is 1. The maximum absolute atomic E-state index is 10.8. The monoisotopic (exact) mass is 336 g/mol. The molecule has 0 radical (unpaired) electrons. The van der Waals surface area contributed by atoms with E-state index in [2.05, 4.69) is 54.0 Å². The van der Waals surface area contributed by atoms with Gasteiger partial charge in [-0.3, -0.25) is 0 Å². The molecule has 1 aliphatic rings. The lowest BCUT2D eigenvalue weighted by atomic mass is 9.81. The molecule has 3 N–H and O–H groups in total. The molecule has 0 spiro atoms. The zero-order valence-corrected chi connectivity index (χ0v) is 15.0. The molecule has 0 bridgehead atoms. The largest absolute Gasteiger partial charge is 0.391 e. The number of nitrogens with zero attached hydrogens (tertiary/aromatic N) is 1. The van der Waals surface area contributed by atoms with E-state index in [1.165, 1.54) is 41.1 Å². The molecule has 1 aliphatic carbocycles. The fourth-order valence-electron chi connectivity index (χ4n) is 4.59. The summed E-state index contributed by atoms with van der Waals surface area (Å²) in [5.74, 6) is 0.344. The molecular formula is C22H28N2O. The molecule has 2 atom stereocenters. The Kier molecular flexibility index (Phi) is 4.53. The summed E-state index contributed by atoms with van der Waals surface area (Å²) in [6.45, 7) is 3.12. The quantitative estimate of drug-likeness (QED) is 0.722. The summed E-state index contributed by atoms with van der Waals surface area (Å²) in [5, 5.41) is 13.3. The lowest BCUT2D eigenvalue weighted by Gasteiger charge is -2.30. The fourth-order valence-corrected chi connectivity index (χ4v) is 4.59. The number of aliphatic hydroxyl groups is 1. The van der Waals surface area contributed by atoms with Crippen molar-refractivity contribution in [2.45, 2.75) is 57.7 Å². The van der Waals surface area contributed by atoms with Gasteiger partial charge >= 0.3 is 0 Å². The zero-order valence-electron chi connectivity index (χ0n) is 15.0. The van der Waals surface area contributed by atoms with E-state index in [4.69, 9.17) is 5.73 Å². The van der Waals surface area contributed by atoms with Gasteiger partial charge in [-0.25, -0.2) is 0 Å². The standard InChI is InChI=1S/C22H28N2O/c1-2-24-19-11-7-6-10-17(19)18-14-16(12-13-20(18)24)21(23)22(25)15-8-4-3-5-9-15/h6-7,10-15,21-22,25H,2-5,8-9,23H2,1H3/t21-,22+/m0/s1. The number of rotatable bonds is 4. The third-order valence-electron chi connectivity index (χ3n) is 6.00. The molecule has 3 heteroatoms. The van der Waals surface area contributed by atoms with E-state index >= 15 is 0 Å². The molecule has 3 aromatic rings. The molecule has 25 heavy (non-hydrogen) atoms. The number of benzene rings is 2. The van der Waals surface area contributed by atoms with E-state index < -0.39 is 6.10 Å². The van der Waals surface area contributed by atoms with E-state index in [9.17, 15) is 5.11 Å². The second-order valence-electron chi connectivity index (χ2n) is 7.45. The maximum Gasteiger partial charge on any atom is 0.0760 e. The predicted molar refractivity (Wildman–Crippen MR) is 105 cm³/mol. The van der Waals surface area contributed by atoms with Crippen LogP contribution in [0.2, 0.25) is 0 Å². The van der Waals surface area contributed by atoms with Crippen LogP contribution in [0, 0.1) is 5.92 Å². The Morgan fingerprint density at radius 1 is 1.04 bits per heavy atom.